The number of carbonyl (C=O) groups excluding carboxylic acids is 1. The van der Waals surface area contributed by atoms with Gasteiger partial charge in [0.1, 0.15) is 0 Å². The lowest BCUT2D eigenvalue weighted by molar-refractivity contribution is 0.101. The van der Waals surface area contributed by atoms with Crippen LogP contribution in [0.5, 0.6) is 0 Å². The fourth-order valence-corrected chi connectivity index (χ4v) is 8.38. The van der Waals surface area contributed by atoms with E-state index in [1.54, 1.807) is 24.3 Å². The highest BCUT2D eigenvalue weighted by atomic mass is 35.5. The van der Waals surface area contributed by atoms with Gasteiger partial charge in [0, 0.05) is 5.56 Å². The molecule has 0 atom stereocenters. The first-order valence-corrected chi connectivity index (χ1v) is 15.8. The molecule has 0 heterocycles. The molecule has 0 bridgehead atoms. The second-order valence-corrected chi connectivity index (χ2v) is 13.4. The van der Waals surface area contributed by atoms with Crippen molar-refractivity contribution in [3.05, 3.63) is 138 Å². The highest BCUT2D eigenvalue weighted by molar-refractivity contribution is 8.10. The van der Waals surface area contributed by atoms with Crippen molar-refractivity contribution in [1.82, 2.24) is 0 Å². The Balaban J connectivity index is 1.62. The molecule has 0 spiro atoms. The number of benzene rings is 5. The predicted octanol–water partition coefficient (Wildman–Crippen LogP) is 7.46. The molecule has 41 heavy (non-hydrogen) atoms. The Labute approximate surface area is 244 Å². The minimum Gasteiger partial charge on any atom is -0.294 e. The van der Waals surface area contributed by atoms with Gasteiger partial charge in [0.05, 0.1) is 20.5 Å². The van der Waals surface area contributed by atoms with Crippen LogP contribution in [0.2, 0.25) is 5.02 Å². The van der Waals surface area contributed by atoms with Gasteiger partial charge in [-0.15, -0.1) is 0 Å². The lowest BCUT2D eigenvalue weighted by Gasteiger charge is -2.25. The highest BCUT2D eigenvalue weighted by Crippen LogP contribution is 2.35. The topological polar surface area (TPSA) is 88.6 Å². The Kier molecular flexibility index (Phi) is 7.82. The Hall–Kier alpha value is -4.24. The largest absolute Gasteiger partial charge is 0.294 e. The highest BCUT2D eigenvalue weighted by Gasteiger charge is 2.37. The fourth-order valence-electron chi connectivity index (χ4n) is 4.40. The summed E-state index contributed by atoms with van der Waals surface area (Å²) in [6, 6.07) is 34.4. The molecule has 0 aliphatic carbocycles. The van der Waals surface area contributed by atoms with Crippen molar-refractivity contribution in [3.8, 4) is 22.3 Å². The van der Waals surface area contributed by atoms with Crippen molar-refractivity contribution in [2.24, 2.45) is 0 Å². The van der Waals surface area contributed by atoms with Crippen molar-refractivity contribution < 1.29 is 21.6 Å². The minimum absolute atomic E-state index is 0.0655. The SMILES string of the molecule is CC(=O)c1ccc(N(S(=O)(=O)c2ccc(-c3ccccc3)cc2)S(=O)(=O)c2ccc(-c3ccccc3)cc2)cc1Cl. The third-order valence-electron chi connectivity index (χ3n) is 6.50. The van der Waals surface area contributed by atoms with E-state index >= 15 is 0 Å². The van der Waals surface area contributed by atoms with E-state index in [1.807, 2.05) is 60.7 Å². The van der Waals surface area contributed by atoms with Gasteiger partial charge in [-0.1, -0.05) is 96.5 Å². The van der Waals surface area contributed by atoms with E-state index in [1.165, 1.54) is 49.4 Å². The molecule has 0 fully saturated rings. The van der Waals surface area contributed by atoms with E-state index < -0.39 is 20.0 Å². The van der Waals surface area contributed by atoms with Gasteiger partial charge in [0.2, 0.25) is 0 Å². The van der Waals surface area contributed by atoms with Gasteiger partial charge in [0.25, 0.3) is 20.0 Å². The number of carbonyl (C=O) groups is 1. The molecule has 0 aromatic heterocycles. The van der Waals surface area contributed by atoms with Gasteiger partial charge < -0.3 is 0 Å². The molecule has 5 aromatic carbocycles. The van der Waals surface area contributed by atoms with E-state index in [2.05, 4.69) is 0 Å². The molecule has 0 saturated heterocycles. The third kappa shape index (κ3) is 5.67. The summed E-state index contributed by atoms with van der Waals surface area (Å²) < 4.78 is 56.6. The third-order valence-corrected chi connectivity index (χ3v) is 11.0. The van der Waals surface area contributed by atoms with Crippen molar-refractivity contribution in [2.75, 3.05) is 3.71 Å². The summed E-state index contributed by atoms with van der Waals surface area (Å²) in [5.74, 6) is -0.341. The van der Waals surface area contributed by atoms with E-state index in [-0.39, 0.29) is 31.8 Å². The molecule has 0 aliphatic heterocycles. The molecule has 5 aromatic rings. The number of halogens is 1. The van der Waals surface area contributed by atoms with Crippen LogP contribution in [0.1, 0.15) is 17.3 Å². The van der Waals surface area contributed by atoms with Gasteiger partial charge in [-0.05, 0) is 71.6 Å². The number of rotatable bonds is 8. The van der Waals surface area contributed by atoms with Gasteiger partial charge in [-0.3, -0.25) is 4.79 Å². The first-order chi connectivity index (χ1) is 19.6. The number of ketones is 1. The molecule has 0 unspecified atom stereocenters. The number of hydrogen-bond donors (Lipinski definition) is 0. The van der Waals surface area contributed by atoms with Gasteiger partial charge in [-0.25, -0.2) is 16.8 Å². The smallest absolute Gasteiger partial charge is 0.277 e. The molecule has 206 valence electrons. The normalized spacial score (nSPS) is 11.7. The minimum atomic E-state index is -4.67. The van der Waals surface area contributed by atoms with Crippen LogP contribution in [0.25, 0.3) is 22.3 Å². The van der Waals surface area contributed by atoms with E-state index in [4.69, 9.17) is 11.6 Å². The van der Waals surface area contributed by atoms with Gasteiger partial charge in [-0.2, -0.15) is 3.71 Å². The van der Waals surface area contributed by atoms with Crippen molar-refractivity contribution >= 4 is 43.1 Å². The molecule has 0 N–H and O–H groups in total. The zero-order valence-corrected chi connectivity index (χ0v) is 24.2. The van der Waals surface area contributed by atoms with Crippen LogP contribution in [-0.4, -0.2) is 22.6 Å². The lowest BCUT2D eigenvalue weighted by Crippen LogP contribution is -2.37. The number of anilines is 1. The standard InChI is InChI=1S/C32H24ClNO5S2/c1-23(35)31-21-16-28(22-32(31)33)34(40(36,37)29-17-12-26(13-18-29)24-8-4-2-5-9-24)41(38,39)30-19-14-27(15-20-30)25-10-6-3-7-11-25/h2-22H,1H3. The van der Waals surface area contributed by atoms with Crippen molar-refractivity contribution in [3.63, 3.8) is 0 Å². The molecule has 0 radical (unpaired) electrons. The van der Waals surface area contributed by atoms with E-state index in [0.29, 0.717) is 3.71 Å². The molecule has 0 saturated carbocycles. The predicted molar refractivity (Wildman–Crippen MR) is 162 cm³/mol. The summed E-state index contributed by atoms with van der Waals surface area (Å²) in [5.41, 5.74) is 3.22. The van der Waals surface area contributed by atoms with Crippen LogP contribution in [0.4, 0.5) is 5.69 Å². The van der Waals surface area contributed by atoms with Crippen LogP contribution in [0, 0.1) is 0 Å². The molecule has 0 amide bonds. The second kappa shape index (κ2) is 11.3. The molecule has 6 nitrogen and oxygen atoms in total. The fraction of sp³-hybridized carbons (Fsp3) is 0.0312. The van der Waals surface area contributed by atoms with E-state index in [0.717, 1.165) is 22.3 Å². The van der Waals surface area contributed by atoms with E-state index in [9.17, 15) is 21.6 Å². The van der Waals surface area contributed by atoms with Crippen molar-refractivity contribution in [2.45, 2.75) is 16.7 Å². The second-order valence-electron chi connectivity index (χ2n) is 9.21. The monoisotopic (exact) mass is 601 g/mol. The molecular formula is C32H24ClNO5S2. The van der Waals surface area contributed by atoms with Crippen LogP contribution < -0.4 is 3.71 Å². The van der Waals surface area contributed by atoms with Crippen LogP contribution in [0.3, 0.4) is 0 Å². The number of sulfonamides is 2. The molecule has 9 heteroatoms. The molecule has 5 rings (SSSR count). The zero-order valence-electron chi connectivity index (χ0n) is 21.8. The first-order valence-electron chi connectivity index (χ1n) is 12.5. The quantitative estimate of drug-likeness (QED) is 0.172. The van der Waals surface area contributed by atoms with Crippen molar-refractivity contribution in [1.29, 1.82) is 0 Å². The number of nitrogens with zero attached hydrogens (tertiary/aromatic N) is 1. The first kappa shape index (κ1) is 28.3. The number of hydrogen-bond acceptors (Lipinski definition) is 5. The summed E-state index contributed by atoms with van der Waals surface area (Å²) in [5, 5.41) is -0.0655. The zero-order chi connectivity index (χ0) is 29.2. The Bertz CT molecular complexity index is 1810. The maximum atomic E-state index is 14.1. The maximum Gasteiger partial charge on any atom is 0.277 e. The van der Waals surface area contributed by atoms with Crippen LogP contribution >= 0.6 is 11.6 Å². The molecule has 0 aliphatic rings. The summed E-state index contributed by atoms with van der Waals surface area (Å²) in [6.45, 7) is 1.31. The Morgan fingerprint density at radius 2 is 0.951 bits per heavy atom. The number of Topliss-reactive ketones (excluding diaryl/α,β-unsaturated/α-hetero) is 1. The van der Waals surface area contributed by atoms with Crippen LogP contribution in [0.15, 0.2) is 137 Å². The Morgan fingerprint density at radius 1 is 0.561 bits per heavy atom. The Morgan fingerprint density at radius 3 is 1.32 bits per heavy atom. The van der Waals surface area contributed by atoms with Crippen LogP contribution in [-0.2, 0) is 20.0 Å². The summed E-state index contributed by atoms with van der Waals surface area (Å²) in [7, 11) is -9.34. The average molecular weight is 602 g/mol. The lowest BCUT2D eigenvalue weighted by atomic mass is 10.1. The summed E-state index contributed by atoms with van der Waals surface area (Å²) in [4.78, 5) is 11.5. The van der Waals surface area contributed by atoms with Gasteiger partial charge >= 0.3 is 0 Å². The average Bonchev–Trinajstić information content (AvgIpc) is 2.98. The summed E-state index contributed by atoms with van der Waals surface area (Å²) >= 11 is 6.30. The maximum absolute atomic E-state index is 14.1. The molecular weight excluding hydrogens is 578 g/mol. The van der Waals surface area contributed by atoms with Gasteiger partial charge in [0.15, 0.2) is 5.78 Å². The summed E-state index contributed by atoms with van der Waals surface area (Å²) in [6.07, 6.45) is 0.